The maximum Gasteiger partial charge on any atom is 0.322 e. The van der Waals surface area contributed by atoms with Gasteiger partial charge >= 0.3 is 12.0 Å². The number of carboxylic acids is 1. The van der Waals surface area contributed by atoms with Gasteiger partial charge in [-0.25, -0.2) is 4.79 Å². The Balaban J connectivity index is 2.22. The number of imide groups is 1. The smallest absolute Gasteiger partial charge is 0.322 e. The van der Waals surface area contributed by atoms with Crippen LogP contribution >= 0.6 is 0 Å². The Morgan fingerprint density at radius 1 is 1.53 bits per heavy atom. The molecule has 1 aliphatic heterocycles. The first-order chi connectivity index (χ1) is 7.04. The lowest BCUT2D eigenvalue weighted by Gasteiger charge is -2.26. The van der Waals surface area contributed by atoms with Gasteiger partial charge in [-0.2, -0.15) is 0 Å². The van der Waals surface area contributed by atoms with Crippen molar-refractivity contribution in [2.75, 3.05) is 0 Å². The molecule has 0 aromatic carbocycles. The molecule has 1 aliphatic carbocycles. The van der Waals surface area contributed by atoms with Gasteiger partial charge in [0.2, 0.25) is 0 Å². The first-order valence-corrected chi connectivity index (χ1v) is 4.90. The zero-order chi connectivity index (χ0) is 11.1. The highest BCUT2D eigenvalue weighted by Crippen LogP contribution is 2.39. The van der Waals surface area contributed by atoms with Crippen LogP contribution in [-0.4, -0.2) is 28.6 Å². The molecule has 0 radical (unpaired) electrons. The van der Waals surface area contributed by atoms with Gasteiger partial charge in [0.1, 0.15) is 5.54 Å². The van der Waals surface area contributed by atoms with Crippen molar-refractivity contribution in [3.8, 4) is 0 Å². The summed E-state index contributed by atoms with van der Waals surface area (Å²) in [6, 6.07) is -0.516. The summed E-state index contributed by atoms with van der Waals surface area (Å²) in [5.41, 5.74) is -0.963. The van der Waals surface area contributed by atoms with Crippen molar-refractivity contribution >= 4 is 17.9 Å². The molecule has 1 saturated carbocycles. The first-order valence-electron chi connectivity index (χ1n) is 4.90. The summed E-state index contributed by atoms with van der Waals surface area (Å²) in [5, 5.41) is 13.5. The van der Waals surface area contributed by atoms with E-state index in [0.29, 0.717) is 12.8 Å². The van der Waals surface area contributed by atoms with Gasteiger partial charge in [0.05, 0.1) is 6.42 Å². The molecule has 2 aliphatic rings. The normalized spacial score (nSPS) is 34.3. The predicted octanol–water partition coefficient (Wildman–Crippen LogP) is -0.161. The molecule has 0 bridgehead atoms. The van der Waals surface area contributed by atoms with Crippen molar-refractivity contribution in [2.24, 2.45) is 5.92 Å². The summed E-state index contributed by atoms with van der Waals surface area (Å²) < 4.78 is 0. The molecule has 15 heavy (non-hydrogen) atoms. The van der Waals surface area contributed by atoms with E-state index < -0.39 is 17.5 Å². The molecule has 2 unspecified atom stereocenters. The topological polar surface area (TPSA) is 95.5 Å². The summed E-state index contributed by atoms with van der Waals surface area (Å²) in [7, 11) is 0. The number of urea groups is 1. The Kier molecular flexibility index (Phi) is 2.13. The number of carbonyl (C=O) groups is 3. The fourth-order valence-corrected chi connectivity index (χ4v) is 2.53. The minimum atomic E-state index is -0.963. The molecule has 1 saturated heterocycles. The fraction of sp³-hybridized carbons (Fsp3) is 0.667. The summed E-state index contributed by atoms with van der Waals surface area (Å²) >= 11 is 0. The van der Waals surface area contributed by atoms with Gasteiger partial charge < -0.3 is 10.4 Å². The van der Waals surface area contributed by atoms with E-state index in [0.717, 1.165) is 6.42 Å². The largest absolute Gasteiger partial charge is 0.481 e. The standard InChI is InChI=1S/C9H12N2O4/c12-6(13)4-5-2-1-3-9(5)7(14)10-8(15)11-9/h5H,1-4H2,(H,12,13)(H2,10,11,14,15). The minimum absolute atomic E-state index is 0.0757. The second-order valence-electron chi connectivity index (χ2n) is 4.07. The lowest BCUT2D eigenvalue weighted by Crippen LogP contribution is -2.50. The van der Waals surface area contributed by atoms with Crippen molar-refractivity contribution in [1.29, 1.82) is 0 Å². The van der Waals surface area contributed by atoms with Crippen LogP contribution in [0.1, 0.15) is 25.7 Å². The molecular weight excluding hydrogens is 200 g/mol. The number of carbonyl (C=O) groups excluding carboxylic acids is 2. The van der Waals surface area contributed by atoms with Gasteiger partial charge in [0.15, 0.2) is 0 Å². The molecule has 3 N–H and O–H groups in total. The molecule has 2 rings (SSSR count). The predicted molar refractivity (Wildman–Crippen MR) is 49.0 cm³/mol. The molecule has 0 aromatic heterocycles. The second-order valence-corrected chi connectivity index (χ2v) is 4.07. The number of nitrogens with one attached hydrogen (secondary N) is 2. The van der Waals surface area contributed by atoms with Crippen LogP contribution in [0.25, 0.3) is 0 Å². The van der Waals surface area contributed by atoms with Crippen LogP contribution in [0.3, 0.4) is 0 Å². The summed E-state index contributed by atoms with van der Waals surface area (Å²) in [5.74, 6) is -1.60. The van der Waals surface area contributed by atoms with Crippen LogP contribution in [0, 0.1) is 5.92 Å². The van der Waals surface area contributed by atoms with Crippen molar-refractivity contribution < 1.29 is 19.5 Å². The average Bonchev–Trinajstić information content (AvgIpc) is 2.60. The Morgan fingerprint density at radius 2 is 2.27 bits per heavy atom. The number of hydrogen-bond donors (Lipinski definition) is 3. The van der Waals surface area contributed by atoms with Crippen molar-refractivity contribution in [1.82, 2.24) is 10.6 Å². The lowest BCUT2D eigenvalue weighted by atomic mass is 9.85. The van der Waals surface area contributed by atoms with E-state index in [9.17, 15) is 14.4 Å². The van der Waals surface area contributed by atoms with E-state index in [4.69, 9.17) is 5.11 Å². The number of amides is 3. The zero-order valence-corrected chi connectivity index (χ0v) is 8.08. The highest BCUT2D eigenvalue weighted by atomic mass is 16.4. The third-order valence-corrected chi connectivity index (χ3v) is 3.21. The number of rotatable bonds is 2. The second kappa shape index (κ2) is 3.22. The van der Waals surface area contributed by atoms with Crippen LogP contribution in [0.15, 0.2) is 0 Å². The van der Waals surface area contributed by atoms with E-state index in [2.05, 4.69) is 10.6 Å². The van der Waals surface area contributed by atoms with Gasteiger partial charge in [-0.3, -0.25) is 14.9 Å². The molecule has 82 valence electrons. The zero-order valence-electron chi connectivity index (χ0n) is 8.08. The first kappa shape index (κ1) is 9.95. The van der Waals surface area contributed by atoms with Crippen LogP contribution in [-0.2, 0) is 9.59 Å². The highest BCUT2D eigenvalue weighted by molar-refractivity contribution is 6.07. The van der Waals surface area contributed by atoms with Gasteiger partial charge in [-0.1, -0.05) is 6.42 Å². The Labute approximate surface area is 86.0 Å². The number of hydrogen-bond acceptors (Lipinski definition) is 3. The molecule has 1 spiro atoms. The Morgan fingerprint density at radius 3 is 2.80 bits per heavy atom. The van der Waals surface area contributed by atoms with E-state index in [-0.39, 0.29) is 18.2 Å². The van der Waals surface area contributed by atoms with Crippen LogP contribution in [0.2, 0.25) is 0 Å². The van der Waals surface area contributed by atoms with E-state index in [1.165, 1.54) is 0 Å². The molecule has 3 amide bonds. The molecule has 2 fully saturated rings. The third kappa shape index (κ3) is 1.45. The molecule has 0 aromatic rings. The monoisotopic (exact) mass is 212 g/mol. The number of aliphatic carboxylic acids is 1. The Bertz CT molecular complexity index is 341. The molecule has 2 atom stereocenters. The molecule has 6 heteroatoms. The van der Waals surface area contributed by atoms with Crippen molar-refractivity contribution in [2.45, 2.75) is 31.2 Å². The quantitative estimate of drug-likeness (QED) is 0.554. The van der Waals surface area contributed by atoms with E-state index >= 15 is 0 Å². The average molecular weight is 212 g/mol. The van der Waals surface area contributed by atoms with E-state index in [1.54, 1.807) is 0 Å². The highest BCUT2D eigenvalue weighted by Gasteiger charge is 2.54. The maximum atomic E-state index is 11.6. The van der Waals surface area contributed by atoms with Crippen molar-refractivity contribution in [3.05, 3.63) is 0 Å². The maximum absolute atomic E-state index is 11.6. The Hall–Kier alpha value is -1.59. The van der Waals surface area contributed by atoms with Gasteiger partial charge in [0, 0.05) is 5.92 Å². The van der Waals surface area contributed by atoms with Crippen LogP contribution in [0.5, 0.6) is 0 Å². The van der Waals surface area contributed by atoms with Crippen LogP contribution < -0.4 is 10.6 Å². The van der Waals surface area contributed by atoms with E-state index in [1.807, 2.05) is 0 Å². The SMILES string of the molecule is O=C(O)CC1CCCC12NC(=O)NC2=O. The fourth-order valence-electron chi connectivity index (χ4n) is 2.53. The number of carboxylic acid groups (broad SMARTS) is 1. The van der Waals surface area contributed by atoms with Gasteiger partial charge in [-0.15, -0.1) is 0 Å². The minimum Gasteiger partial charge on any atom is -0.481 e. The molecule has 6 nitrogen and oxygen atoms in total. The molecule has 1 heterocycles. The van der Waals surface area contributed by atoms with Crippen molar-refractivity contribution in [3.63, 3.8) is 0 Å². The van der Waals surface area contributed by atoms with Crippen LogP contribution in [0.4, 0.5) is 4.79 Å². The lowest BCUT2D eigenvalue weighted by molar-refractivity contribution is -0.139. The third-order valence-electron chi connectivity index (χ3n) is 3.21. The van der Waals surface area contributed by atoms with Gasteiger partial charge in [0.25, 0.3) is 5.91 Å². The summed E-state index contributed by atoms with van der Waals surface area (Å²) in [4.78, 5) is 33.3. The molecular formula is C9H12N2O4. The summed E-state index contributed by atoms with van der Waals surface area (Å²) in [6.45, 7) is 0. The summed E-state index contributed by atoms with van der Waals surface area (Å²) in [6.07, 6.45) is 1.89. The van der Waals surface area contributed by atoms with Gasteiger partial charge in [-0.05, 0) is 12.8 Å².